The largest absolute Gasteiger partial charge is 0.396 e. The maximum Gasteiger partial charge on any atom is 0.257 e. The van der Waals surface area contributed by atoms with Gasteiger partial charge in [-0.05, 0) is 43.3 Å². The van der Waals surface area contributed by atoms with Crippen LogP contribution in [0, 0.1) is 6.92 Å². The molecule has 0 aliphatic heterocycles. The summed E-state index contributed by atoms with van der Waals surface area (Å²) in [5.74, 6) is -0.309. The molecule has 0 fully saturated rings. The fraction of sp³-hybridized carbons (Fsp3) is 0.217. The second-order valence-electron chi connectivity index (χ2n) is 7.18. The Morgan fingerprint density at radius 1 is 1.09 bits per heavy atom. The zero-order chi connectivity index (χ0) is 23.3. The van der Waals surface area contributed by atoms with Gasteiger partial charge < -0.3 is 15.7 Å². The lowest BCUT2D eigenvalue weighted by Gasteiger charge is -2.16. The van der Waals surface area contributed by atoms with Crippen LogP contribution < -0.4 is 16.2 Å². The van der Waals surface area contributed by atoms with E-state index in [4.69, 9.17) is 11.6 Å². The van der Waals surface area contributed by atoms with Crippen LogP contribution in [0.25, 0.3) is 11.4 Å². The molecule has 32 heavy (non-hydrogen) atoms. The van der Waals surface area contributed by atoms with Crippen LogP contribution in [-0.2, 0) is 22.6 Å². The summed E-state index contributed by atoms with van der Waals surface area (Å²) in [5, 5.41) is 15.2. The van der Waals surface area contributed by atoms with Crippen molar-refractivity contribution >= 4 is 34.8 Å². The molecule has 2 amide bonds. The average molecular weight is 455 g/mol. The molecule has 0 radical (unpaired) electrons. The quantitative estimate of drug-likeness (QED) is 0.508. The summed E-state index contributed by atoms with van der Waals surface area (Å²) in [6.45, 7) is 2.62. The number of benzene rings is 2. The minimum absolute atomic E-state index is 0.139. The third kappa shape index (κ3) is 5.60. The van der Waals surface area contributed by atoms with E-state index in [2.05, 4.69) is 15.6 Å². The van der Waals surface area contributed by atoms with Crippen molar-refractivity contribution in [3.05, 3.63) is 75.2 Å². The zero-order valence-electron chi connectivity index (χ0n) is 17.7. The number of carbonyl (C=O) groups is 2. The lowest BCUT2D eigenvalue weighted by atomic mass is 10.1. The van der Waals surface area contributed by atoms with Crippen molar-refractivity contribution in [2.75, 3.05) is 17.2 Å². The van der Waals surface area contributed by atoms with Crippen molar-refractivity contribution in [3.8, 4) is 11.4 Å². The molecule has 8 nitrogen and oxygen atoms in total. The molecular formula is C23H23ClN4O4. The van der Waals surface area contributed by atoms with Crippen LogP contribution in [0.4, 0.5) is 11.4 Å². The number of aliphatic hydroxyl groups is 1. The third-order valence-corrected chi connectivity index (χ3v) is 4.94. The van der Waals surface area contributed by atoms with Gasteiger partial charge in [-0.15, -0.1) is 0 Å². The molecule has 0 atom stereocenters. The number of aliphatic hydroxyl groups excluding tert-OH is 1. The normalized spacial score (nSPS) is 10.6. The summed E-state index contributed by atoms with van der Waals surface area (Å²) in [5.41, 5.74) is 2.16. The monoisotopic (exact) mass is 454 g/mol. The van der Waals surface area contributed by atoms with Crippen LogP contribution in [0.15, 0.2) is 53.3 Å². The number of aromatic nitrogens is 2. The number of nitrogens with one attached hydrogen (secondary N) is 2. The van der Waals surface area contributed by atoms with E-state index < -0.39 is 11.5 Å². The van der Waals surface area contributed by atoms with Crippen molar-refractivity contribution in [2.24, 2.45) is 0 Å². The molecule has 0 saturated carbocycles. The van der Waals surface area contributed by atoms with Gasteiger partial charge in [0.25, 0.3) is 5.56 Å². The van der Waals surface area contributed by atoms with Crippen molar-refractivity contribution in [2.45, 2.75) is 26.8 Å². The minimum Gasteiger partial charge on any atom is -0.396 e. The summed E-state index contributed by atoms with van der Waals surface area (Å²) in [4.78, 5) is 41.6. The van der Waals surface area contributed by atoms with Crippen LogP contribution in [-0.4, -0.2) is 33.1 Å². The molecule has 0 spiro atoms. The number of anilines is 2. The van der Waals surface area contributed by atoms with Crippen molar-refractivity contribution in [1.29, 1.82) is 0 Å². The standard InChI is InChI=1S/C23H23ClN4O4/c1-14-20(10-11-29)23(32)28(22(25-14)16-4-3-5-17(24)12-16)13-21(31)27-19-8-6-18(7-9-19)26-15(2)30/h3-9,12,29H,10-11,13H2,1-2H3,(H,26,30)(H,27,31). The number of hydrogen-bond donors (Lipinski definition) is 3. The van der Waals surface area contributed by atoms with E-state index in [1.807, 2.05) is 0 Å². The lowest BCUT2D eigenvalue weighted by Crippen LogP contribution is -2.33. The lowest BCUT2D eigenvalue weighted by molar-refractivity contribution is -0.117. The topological polar surface area (TPSA) is 113 Å². The Kier molecular flexibility index (Phi) is 7.40. The predicted octanol–water partition coefficient (Wildman–Crippen LogP) is 3.00. The number of halogens is 1. The van der Waals surface area contributed by atoms with E-state index in [0.29, 0.717) is 39.0 Å². The molecule has 0 unspecified atom stereocenters. The van der Waals surface area contributed by atoms with Gasteiger partial charge in [0.15, 0.2) is 0 Å². The maximum absolute atomic E-state index is 13.2. The number of amides is 2. The van der Waals surface area contributed by atoms with Crippen LogP contribution in [0.2, 0.25) is 5.02 Å². The summed E-state index contributed by atoms with van der Waals surface area (Å²) >= 11 is 6.11. The van der Waals surface area contributed by atoms with Gasteiger partial charge in [0.2, 0.25) is 11.8 Å². The Balaban J connectivity index is 1.93. The zero-order valence-corrected chi connectivity index (χ0v) is 18.4. The van der Waals surface area contributed by atoms with Gasteiger partial charge >= 0.3 is 0 Å². The molecule has 1 heterocycles. The maximum atomic E-state index is 13.2. The highest BCUT2D eigenvalue weighted by atomic mass is 35.5. The molecule has 0 aliphatic rings. The Bertz CT molecular complexity index is 1210. The summed E-state index contributed by atoms with van der Waals surface area (Å²) in [7, 11) is 0. The molecule has 0 saturated heterocycles. The Hall–Kier alpha value is -3.49. The molecule has 3 aromatic rings. The predicted molar refractivity (Wildman–Crippen MR) is 124 cm³/mol. The molecule has 2 aromatic carbocycles. The summed E-state index contributed by atoms with van der Waals surface area (Å²) < 4.78 is 1.28. The van der Waals surface area contributed by atoms with E-state index in [-0.39, 0.29) is 25.5 Å². The van der Waals surface area contributed by atoms with Gasteiger partial charge in [0, 0.05) is 53.2 Å². The van der Waals surface area contributed by atoms with E-state index in [9.17, 15) is 19.5 Å². The first-order valence-corrected chi connectivity index (χ1v) is 10.3. The van der Waals surface area contributed by atoms with Crippen molar-refractivity contribution < 1.29 is 14.7 Å². The Morgan fingerprint density at radius 3 is 2.34 bits per heavy atom. The van der Waals surface area contributed by atoms with Crippen LogP contribution in [0.5, 0.6) is 0 Å². The number of nitrogens with zero attached hydrogens (tertiary/aromatic N) is 2. The third-order valence-electron chi connectivity index (χ3n) is 4.70. The molecular weight excluding hydrogens is 432 g/mol. The van der Waals surface area contributed by atoms with Crippen molar-refractivity contribution in [3.63, 3.8) is 0 Å². The second kappa shape index (κ2) is 10.2. The molecule has 0 bridgehead atoms. The summed E-state index contributed by atoms with van der Waals surface area (Å²) in [6.07, 6.45) is 0.139. The van der Waals surface area contributed by atoms with Crippen LogP contribution in [0.1, 0.15) is 18.2 Å². The highest BCUT2D eigenvalue weighted by Crippen LogP contribution is 2.22. The van der Waals surface area contributed by atoms with Gasteiger partial charge in [-0.2, -0.15) is 0 Å². The molecule has 3 rings (SSSR count). The number of hydrogen-bond acceptors (Lipinski definition) is 5. The number of rotatable bonds is 7. The molecule has 9 heteroatoms. The van der Waals surface area contributed by atoms with E-state index >= 15 is 0 Å². The SMILES string of the molecule is CC(=O)Nc1ccc(NC(=O)Cn2c(-c3cccc(Cl)c3)nc(C)c(CCO)c2=O)cc1. The smallest absolute Gasteiger partial charge is 0.257 e. The highest BCUT2D eigenvalue weighted by molar-refractivity contribution is 6.30. The first-order chi connectivity index (χ1) is 15.3. The molecule has 166 valence electrons. The highest BCUT2D eigenvalue weighted by Gasteiger charge is 2.18. The van der Waals surface area contributed by atoms with E-state index in [1.54, 1.807) is 55.5 Å². The minimum atomic E-state index is -0.428. The van der Waals surface area contributed by atoms with E-state index in [0.717, 1.165) is 0 Å². The molecule has 3 N–H and O–H groups in total. The number of aryl methyl sites for hydroxylation is 1. The van der Waals surface area contributed by atoms with Gasteiger partial charge in [0.1, 0.15) is 12.4 Å². The first-order valence-electron chi connectivity index (χ1n) is 9.93. The van der Waals surface area contributed by atoms with Crippen LogP contribution >= 0.6 is 11.6 Å². The molecule has 1 aromatic heterocycles. The van der Waals surface area contributed by atoms with Gasteiger partial charge in [-0.25, -0.2) is 4.98 Å². The fourth-order valence-electron chi connectivity index (χ4n) is 3.28. The first kappa shape index (κ1) is 23.2. The molecule has 0 aliphatic carbocycles. The van der Waals surface area contributed by atoms with E-state index in [1.165, 1.54) is 11.5 Å². The fourth-order valence-corrected chi connectivity index (χ4v) is 3.47. The average Bonchev–Trinajstić information content (AvgIpc) is 2.74. The summed E-state index contributed by atoms with van der Waals surface area (Å²) in [6, 6.07) is 13.5. The number of carbonyl (C=O) groups excluding carboxylic acids is 2. The second-order valence-corrected chi connectivity index (χ2v) is 7.62. The Labute approximate surface area is 189 Å². The van der Waals surface area contributed by atoms with Gasteiger partial charge in [0.05, 0.1) is 0 Å². The Morgan fingerprint density at radius 2 is 1.75 bits per heavy atom. The van der Waals surface area contributed by atoms with Crippen LogP contribution in [0.3, 0.4) is 0 Å². The van der Waals surface area contributed by atoms with Gasteiger partial charge in [-0.3, -0.25) is 19.0 Å². The van der Waals surface area contributed by atoms with Crippen molar-refractivity contribution in [1.82, 2.24) is 9.55 Å². The van der Waals surface area contributed by atoms with Gasteiger partial charge in [-0.1, -0.05) is 23.7 Å².